The second-order valence-corrected chi connectivity index (χ2v) is 2.33. The van der Waals surface area contributed by atoms with Crippen LogP contribution in [-0.2, 0) is 7.05 Å². The minimum Gasteiger partial charge on any atom is -0.268 e. The summed E-state index contributed by atoms with van der Waals surface area (Å²) in [5, 5.41) is 14.3. The van der Waals surface area contributed by atoms with Crippen LogP contribution in [0.15, 0.2) is 12.3 Å². The van der Waals surface area contributed by atoms with Gasteiger partial charge in [0.25, 0.3) is 0 Å². The monoisotopic (exact) mass is 167 g/mol. The lowest BCUT2D eigenvalue weighted by Gasteiger charge is -1.84. The van der Waals surface area contributed by atoms with E-state index in [0.717, 1.165) is 0 Å². The molecule has 1 rings (SSSR count). The fraction of sp³-hybridized carbons (Fsp3) is 0.286. The first-order valence-corrected chi connectivity index (χ1v) is 3.46. The normalized spacial score (nSPS) is 10.8. The average molecular weight is 167 g/mol. The van der Waals surface area contributed by atoms with Crippen molar-refractivity contribution in [3.05, 3.63) is 28.1 Å². The van der Waals surface area contributed by atoms with Crippen LogP contribution in [0.1, 0.15) is 12.6 Å². The minimum atomic E-state index is -0.442. The molecule has 1 aromatic rings. The van der Waals surface area contributed by atoms with E-state index in [1.807, 2.05) is 0 Å². The van der Waals surface area contributed by atoms with Gasteiger partial charge in [0.2, 0.25) is 0 Å². The fourth-order valence-corrected chi connectivity index (χ4v) is 0.910. The number of nitrogens with zero attached hydrogens (tertiary/aromatic N) is 3. The van der Waals surface area contributed by atoms with E-state index in [4.69, 9.17) is 0 Å². The highest BCUT2D eigenvalue weighted by Gasteiger charge is 2.14. The zero-order chi connectivity index (χ0) is 9.14. The van der Waals surface area contributed by atoms with Crippen molar-refractivity contribution in [1.29, 1.82) is 0 Å². The third kappa shape index (κ3) is 1.50. The molecule has 1 heterocycles. The van der Waals surface area contributed by atoms with Crippen molar-refractivity contribution in [2.24, 2.45) is 7.05 Å². The van der Waals surface area contributed by atoms with E-state index in [-0.39, 0.29) is 5.69 Å². The van der Waals surface area contributed by atoms with E-state index >= 15 is 0 Å². The van der Waals surface area contributed by atoms with Gasteiger partial charge in [0.1, 0.15) is 6.20 Å². The molecule has 0 spiro atoms. The van der Waals surface area contributed by atoms with E-state index in [9.17, 15) is 10.1 Å². The number of nitro groups is 1. The largest absolute Gasteiger partial charge is 0.314 e. The lowest BCUT2D eigenvalue weighted by molar-refractivity contribution is -0.385. The molecule has 0 aliphatic carbocycles. The summed E-state index contributed by atoms with van der Waals surface area (Å²) in [6.45, 7) is 1.79. The Labute approximate surface area is 69.5 Å². The molecule has 0 saturated carbocycles. The summed E-state index contributed by atoms with van der Waals surface area (Å²) in [7, 11) is 1.65. The van der Waals surface area contributed by atoms with Gasteiger partial charge >= 0.3 is 5.69 Å². The van der Waals surface area contributed by atoms with Gasteiger partial charge in [0.15, 0.2) is 5.69 Å². The van der Waals surface area contributed by atoms with Crippen LogP contribution in [0.2, 0.25) is 0 Å². The molecule has 0 bridgehead atoms. The molecule has 0 atom stereocenters. The highest BCUT2D eigenvalue weighted by Crippen LogP contribution is 2.16. The molecular weight excluding hydrogens is 158 g/mol. The number of rotatable bonds is 2. The van der Waals surface area contributed by atoms with Crippen LogP contribution in [0.25, 0.3) is 6.08 Å². The molecule has 0 amide bonds. The van der Waals surface area contributed by atoms with Crippen LogP contribution in [0.3, 0.4) is 0 Å². The number of hydrogen-bond donors (Lipinski definition) is 0. The Bertz CT molecular complexity index is 327. The van der Waals surface area contributed by atoms with Crippen LogP contribution in [0.5, 0.6) is 0 Å². The lowest BCUT2D eigenvalue weighted by Crippen LogP contribution is -1.87. The van der Waals surface area contributed by atoms with E-state index in [2.05, 4.69) is 5.10 Å². The van der Waals surface area contributed by atoms with Crippen LogP contribution in [0.4, 0.5) is 5.69 Å². The van der Waals surface area contributed by atoms with Crippen molar-refractivity contribution < 1.29 is 4.92 Å². The second kappa shape index (κ2) is 3.17. The summed E-state index contributed by atoms with van der Waals surface area (Å²) in [5.74, 6) is 0. The molecule has 0 radical (unpaired) electrons. The molecule has 0 N–H and O–H groups in total. The smallest absolute Gasteiger partial charge is 0.268 e. The summed E-state index contributed by atoms with van der Waals surface area (Å²) >= 11 is 0. The van der Waals surface area contributed by atoms with E-state index in [0.29, 0.717) is 5.69 Å². The van der Waals surface area contributed by atoms with Crippen molar-refractivity contribution in [2.75, 3.05) is 0 Å². The SMILES string of the molecule is C/C=C/c1nn(C)cc1[N+](=O)[O-]. The Morgan fingerprint density at radius 1 is 1.75 bits per heavy atom. The van der Waals surface area contributed by atoms with Crippen LogP contribution < -0.4 is 0 Å². The molecule has 0 saturated heterocycles. The Balaban J connectivity index is 3.17. The summed E-state index contributed by atoms with van der Waals surface area (Å²) in [6, 6.07) is 0. The van der Waals surface area contributed by atoms with Crippen LogP contribution in [-0.4, -0.2) is 14.7 Å². The second-order valence-electron chi connectivity index (χ2n) is 2.33. The van der Waals surface area contributed by atoms with Crippen LogP contribution >= 0.6 is 0 Å². The maximum Gasteiger partial charge on any atom is 0.314 e. The lowest BCUT2D eigenvalue weighted by atomic mass is 10.3. The predicted molar refractivity (Wildman–Crippen MR) is 44.6 cm³/mol. The predicted octanol–water partition coefficient (Wildman–Crippen LogP) is 1.36. The molecule has 5 heteroatoms. The molecule has 0 fully saturated rings. The molecule has 0 aliphatic heterocycles. The van der Waals surface area contributed by atoms with Gasteiger partial charge in [0, 0.05) is 7.05 Å². The molecule has 64 valence electrons. The molecule has 12 heavy (non-hydrogen) atoms. The van der Waals surface area contributed by atoms with Gasteiger partial charge in [0.05, 0.1) is 4.92 Å². The van der Waals surface area contributed by atoms with Gasteiger partial charge in [-0.1, -0.05) is 6.08 Å². The summed E-state index contributed by atoms with van der Waals surface area (Å²) in [6.07, 6.45) is 4.71. The highest BCUT2D eigenvalue weighted by molar-refractivity contribution is 5.55. The number of hydrogen-bond acceptors (Lipinski definition) is 3. The summed E-state index contributed by atoms with van der Waals surface area (Å²) < 4.78 is 1.42. The number of allylic oxidation sites excluding steroid dienone is 1. The molecule has 5 nitrogen and oxygen atoms in total. The van der Waals surface area contributed by atoms with Gasteiger partial charge in [-0.3, -0.25) is 14.8 Å². The van der Waals surface area contributed by atoms with Gasteiger partial charge in [-0.2, -0.15) is 5.10 Å². The zero-order valence-electron chi connectivity index (χ0n) is 6.89. The van der Waals surface area contributed by atoms with Crippen molar-refractivity contribution in [3.8, 4) is 0 Å². The van der Waals surface area contributed by atoms with E-state index in [1.54, 1.807) is 26.1 Å². The Morgan fingerprint density at radius 2 is 2.42 bits per heavy atom. The highest BCUT2D eigenvalue weighted by atomic mass is 16.6. The molecular formula is C7H9N3O2. The quantitative estimate of drug-likeness (QED) is 0.493. The first kappa shape index (κ1) is 8.45. The van der Waals surface area contributed by atoms with E-state index < -0.39 is 4.92 Å². The minimum absolute atomic E-state index is 0.0376. The summed E-state index contributed by atoms with van der Waals surface area (Å²) in [5.41, 5.74) is 0.431. The van der Waals surface area contributed by atoms with E-state index in [1.165, 1.54) is 10.9 Å². The summed E-state index contributed by atoms with van der Waals surface area (Å²) in [4.78, 5) is 9.99. The van der Waals surface area contributed by atoms with Crippen molar-refractivity contribution >= 4 is 11.8 Å². The number of aromatic nitrogens is 2. The third-order valence-corrected chi connectivity index (χ3v) is 1.36. The Morgan fingerprint density at radius 3 is 2.92 bits per heavy atom. The van der Waals surface area contributed by atoms with Gasteiger partial charge in [-0.15, -0.1) is 0 Å². The maximum atomic E-state index is 10.4. The van der Waals surface area contributed by atoms with Gasteiger partial charge < -0.3 is 0 Å². The number of aryl methyl sites for hydroxylation is 1. The van der Waals surface area contributed by atoms with Crippen molar-refractivity contribution in [1.82, 2.24) is 9.78 Å². The maximum absolute atomic E-state index is 10.4. The zero-order valence-corrected chi connectivity index (χ0v) is 6.89. The third-order valence-electron chi connectivity index (χ3n) is 1.36. The van der Waals surface area contributed by atoms with Gasteiger partial charge in [-0.25, -0.2) is 0 Å². The topological polar surface area (TPSA) is 61.0 Å². The first-order chi connectivity index (χ1) is 5.65. The molecule has 1 aromatic heterocycles. The first-order valence-electron chi connectivity index (χ1n) is 3.46. The Hall–Kier alpha value is -1.65. The molecule has 0 aromatic carbocycles. The Kier molecular flexibility index (Phi) is 2.23. The average Bonchev–Trinajstić information content (AvgIpc) is 2.32. The van der Waals surface area contributed by atoms with Crippen molar-refractivity contribution in [3.63, 3.8) is 0 Å². The molecule has 0 unspecified atom stereocenters. The fourth-order valence-electron chi connectivity index (χ4n) is 0.910. The van der Waals surface area contributed by atoms with Crippen molar-refractivity contribution in [2.45, 2.75) is 6.92 Å². The molecule has 0 aliphatic rings. The van der Waals surface area contributed by atoms with Gasteiger partial charge in [-0.05, 0) is 13.0 Å². The van der Waals surface area contributed by atoms with Crippen LogP contribution in [0, 0.1) is 10.1 Å². The standard InChI is InChI=1S/C7H9N3O2/c1-3-4-6-7(10(11)12)5-9(2)8-6/h3-5H,1-2H3/b4-3+.